The Morgan fingerprint density at radius 3 is 2.43 bits per heavy atom. The smallest absolute Gasteiger partial charge is 0.265 e. The average Bonchev–Trinajstić information content (AvgIpc) is 2.73. The fourth-order valence-corrected chi connectivity index (χ4v) is 3.64. The number of nitrogens with zero attached hydrogens (tertiary/aromatic N) is 2. The van der Waals surface area contributed by atoms with E-state index in [9.17, 15) is 13.2 Å². The number of benzene rings is 2. The Hall–Kier alpha value is -3.17. The minimum Gasteiger partial charge on any atom is -0.481 e. The van der Waals surface area contributed by atoms with Crippen molar-refractivity contribution >= 4 is 39.2 Å². The summed E-state index contributed by atoms with van der Waals surface area (Å²) in [5.41, 5.74) is 0.433. The van der Waals surface area contributed by atoms with E-state index in [0.29, 0.717) is 22.9 Å². The van der Waals surface area contributed by atoms with Crippen LogP contribution in [0.25, 0.3) is 0 Å². The number of rotatable bonds is 8. The molecular weight excluding hydrogens is 428 g/mol. The van der Waals surface area contributed by atoms with E-state index in [2.05, 4.69) is 20.0 Å². The largest absolute Gasteiger partial charge is 0.481 e. The first-order valence-corrected chi connectivity index (χ1v) is 10.9. The zero-order valence-electron chi connectivity index (χ0n) is 15.9. The van der Waals surface area contributed by atoms with E-state index < -0.39 is 16.1 Å². The van der Waals surface area contributed by atoms with E-state index in [1.165, 1.54) is 36.7 Å². The molecule has 0 saturated heterocycles. The molecule has 0 fully saturated rings. The molecule has 1 aromatic heterocycles. The number of ether oxygens (including phenoxy) is 1. The van der Waals surface area contributed by atoms with Crippen LogP contribution in [-0.2, 0) is 14.8 Å². The summed E-state index contributed by atoms with van der Waals surface area (Å²) in [4.78, 5) is 20.2. The van der Waals surface area contributed by atoms with Gasteiger partial charge in [0.1, 0.15) is 5.75 Å². The molecule has 30 heavy (non-hydrogen) atoms. The van der Waals surface area contributed by atoms with Gasteiger partial charge in [-0.1, -0.05) is 24.6 Å². The molecule has 3 rings (SSSR count). The molecule has 2 N–H and O–H groups in total. The highest BCUT2D eigenvalue weighted by molar-refractivity contribution is 7.92. The van der Waals surface area contributed by atoms with Crippen LogP contribution >= 0.6 is 11.6 Å². The molecule has 3 aromatic rings. The quantitative estimate of drug-likeness (QED) is 0.545. The minimum atomic E-state index is -3.85. The number of hydrogen-bond donors (Lipinski definition) is 2. The molecule has 0 radical (unpaired) electrons. The van der Waals surface area contributed by atoms with E-state index in [-0.39, 0.29) is 16.8 Å². The summed E-state index contributed by atoms with van der Waals surface area (Å²) in [7, 11) is -3.85. The number of anilines is 2. The fraction of sp³-hybridized carbons (Fsp3) is 0.150. The Balaban J connectivity index is 1.66. The number of amides is 1. The van der Waals surface area contributed by atoms with Gasteiger partial charge in [0, 0.05) is 23.1 Å². The molecule has 2 aromatic carbocycles. The summed E-state index contributed by atoms with van der Waals surface area (Å²) < 4.78 is 32.8. The molecule has 0 bridgehead atoms. The van der Waals surface area contributed by atoms with Crippen LogP contribution in [0.3, 0.4) is 0 Å². The summed E-state index contributed by atoms with van der Waals surface area (Å²) in [6.45, 7) is 1.82. The summed E-state index contributed by atoms with van der Waals surface area (Å²) in [6, 6.07) is 14.1. The predicted octanol–water partition coefficient (Wildman–Crippen LogP) is 3.73. The Morgan fingerprint density at radius 2 is 1.80 bits per heavy atom. The summed E-state index contributed by atoms with van der Waals surface area (Å²) in [6.07, 6.45) is 2.56. The zero-order valence-corrected chi connectivity index (χ0v) is 17.5. The summed E-state index contributed by atoms with van der Waals surface area (Å²) in [5, 5.41) is 3.23. The van der Waals surface area contributed by atoms with Gasteiger partial charge in [0.25, 0.3) is 15.9 Å². The molecule has 0 aliphatic heterocycles. The third-order valence-electron chi connectivity index (χ3n) is 3.96. The van der Waals surface area contributed by atoms with Crippen molar-refractivity contribution in [3.05, 3.63) is 72.0 Å². The number of carbonyl (C=O) groups is 1. The molecule has 8 nitrogen and oxygen atoms in total. The van der Waals surface area contributed by atoms with E-state index in [0.717, 1.165) is 0 Å². The van der Waals surface area contributed by atoms with Gasteiger partial charge in [-0.05, 0) is 55.0 Å². The van der Waals surface area contributed by atoms with Crippen molar-refractivity contribution in [2.24, 2.45) is 0 Å². The van der Waals surface area contributed by atoms with Crippen molar-refractivity contribution in [2.45, 2.75) is 24.3 Å². The SMILES string of the molecule is CC[C@H](Oc1cccc(Cl)c1)C(=O)Nc1ccc(S(=O)(=O)Nc2ncccn2)cc1. The average molecular weight is 447 g/mol. The summed E-state index contributed by atoms with van der Waals surface area (Å²) in [5.74, 6) is 0.0999. The van der Waals surface area contributed by atoms with Crippen LogP contribution < -0.4 is 14.8 Å². The van der Waals surface area contributed by atoms with Crippen LogP contribution in [0.15, 0.2) is 71.9 Å². The van der Waals surface area contributed by atoms with Gasteiger partial charge < -0.3 is 10.1 Å². The molecule has 1 heterocycles. The van der Waals surface area contributed by atoms with Crippen molar-refractivity contribution in [1.82, 2.24) is 9.97 Å². The molecule has 0 unspecified atom stereocenters. The van der Waals surface area contributed by atoms with Gasteiger partial charge in [-0.2, -0.15) is 0 Å². The Labute approximate surface area is 179 Å². The maximum Gasteiger partial charge on any atom is 0.265 e. The van der Waals surface area contributed by atoms with E-state index in [1.54, 1.807) is 30.3 Å². The number of hydrogen-bond acceptors (Lipinski definition) is 6. The highest BCUT2D eigenvalue weighted by atomic mass is 35.5. The molecule has 0 spiro atoms. The zero-order chi connectivity index (χ0) is 21.6. The van der Waals surface area contributed by atoms with E-state index in [1.807, 2.05) is 6.92 Å². The van der Waals surface area contributed by atoms with Crippen LogP contribution in [0, 0.1) is 0 Å². The first kappa shape index (κ1) is 21.5. The molecule has 1 amide bonds. The third kappa shape index (κ3) is 5.68. The van der Waals surface area contributed by atoms with Gasteiger partial charge in [0.2, 0.25) is 5.95 Å². The highest BCUT2D eigenvalue weighted by Crippen LogP contribution is 2.20. The monoisotopic (exact) mass is 446 g/mol. The van der Waals surface area contributed by atoms with Crippen molar-refractivity contribution in [1.29, 1.82) is 0 Å². The lowest BCUT2D eigenvalue weighted by molar-refractivity contribution is -0.122. The highest BCUT2D eigenvalue weighted by Gasteiger charge is 2.20. The van der Waals surface area contributed by atoms with Crippen LogP contribution in [0.1, 0.15) is 13.3 Å². The van der Waals surface area contributed by atoms with Crippen LogP contribution in [0.2, 0.25) is 5.02 Å². The third-order valence-corrected chi connectivity index (χ3v) is 5.54. The number of carbonyl (C=O) groups excluding carboxylic acids is 1. The first-order valence-electron chi connectivity index (χ1n) is 9.00. The number of sulfonamides is 1. The normalized spacial score (nSPS) is 12.1. The second-order valence-corrected chi connectivity index (χ2v) is 8.28. The lowest BCUT2D eigenvalue weighted by Crippen LogP contribution is -2.32. The Bertz CT molecular complexity index is 1110. The minimum absolute atomic E-state index is 0.00942. The molecule has 0 aliphatic rings. The second-order valence-electron chi connectivity index (χ2n) is 6.16. The standard InChI is InChI=1S/C20H19ClN4O4S/c1-2-18(29-16-6-3-5-14(21)13-16)19(26)24-15-7-9-17(10-8-15)30(27,28)25-20-22-11-4-12-23-20/h3-13,18H,2H2,1H3,(H,24,26)(H,22,23,25)/t18-/m0/s1. The van der Waals surface area contributed by atoms with E-state index >= 15 is 0 Å². The van der Waals surface area contributed by atoms with Crippen LogP contribution in [0.4, 0.5) is 11.6 Å². The molecule has 0 saturated carbocycles. The van der Waals surface area contributed by atoms with Gasteiger partial charge >= 0.3 is 0 Å². The maximum atomic E-state index is 12.5. The van der Waals surface area contributed by atoms with E-state index in [4.69, 9.17) is 16.3 Å². The van der Waals surface area contributed by atoms with Crippen molar-refractivity contribution in [3.8, 4) is 5.75 Å². The molecule has 1 atom stereocenters. The van der Waals surface area contributed by atoms with Crippen molar-refractivity contribution in [2.75, 3.05) is 10.0 Å². The number of halogens is 1. The van der Waals surface area contributed by atoms with Gasteiger partial charge in [0.05, 0.1) is 4.90 Å². The molecule has 10 heteroatoms. The number of aromatic nitrogens is 2. The lowest BCUT2D eigenvalue weighted by Gasteiger charge is -2.17. The van der Waals surface area contributed by atoms with Crippen LogP contribution in [-0.4, -0.2) is 30.4 Å². The maximum absolute atomic E-state index is 12.5. The Morgan fingerprint density at radius 1 is 1.10 bits per heavy atom. The van der Waals surface area contributed by atoms with Gasteiger partial charge in [0.15, 0.2) is 6.10 Å². The van der Waals surface area contributed by atoms with Crippen molar-refractivity contribution in [3.63, 3.8) is 0 Å². The van der Waals surface area contributed by atoms with Crippen LogP contribution in [0.5, 0.6) is 5.75 Å². The summed E-state index contributed by atoms with van der Waals surface area (Å²) >= 11 is 5.94. The number of nitrogens with one attached hydrogen (secondary N) is 2. The molecule has 0 aliphatic carbocycles. The molecular formula is C20H19ClN4O4S. The Kier molecular flexibility index (Phi) is 6.86. The predicted molar refractivity (Wildman–Crippen MR) is 114 cm³/mol. The second kappa shape index (κ2) is 9.55. The van der Waals surface area contributed by atoms with Gasteiger partial charge in [-0.15, -0.1) is 0 Å². The van der Waals surface area contributed by atoms with Gasteiger partial charge in [-0.25, -0.2) is 23.1 Å². The molecule has 156 valence electrons. The first-order chi connectivity index (χ1) is 14.4. The lowest BCUT2D eigenvalue weighted by atomic mass is 10.2. The fourth-order valence-electron chi connectivity index (χ4n) is 2.50. The van der Waals surface area contributed by atoms with Crippen molar-refractivity contribution < 1.29 is 17.9 Å². The topological polar surface area (TPSA) is 110 Å². The van der Waals surface area contributed by atoms with Gasteiger partial charge in [-0.3, -0.25) is 4.79 Å².